The molecule has 0 spiro atoms. The smallest absolute Gasteiger partial charge is 0.307 e. The Balaban J connectivity index is 3.37. The summed E-state index contributed by atoms with van der Waals surface area (Å²) in [4.78, 5) is 10.5. The number of ether oxygens (including phenoxy) is 2. The average Bonchev–Trinajstić information content (AvgIpc) is 1.88. The van der Waals surface area contributed by atoms with E-state index in [2.05, 4.69) is 4.74 Å². The van der Waals surface area contributed by atoms with Crippen molar-refractivity contribution in [1.29, 1.82) is 0 Å². The second-order valence-electron chi connectivity index (χ2n) is 2.00. The Kier molecular flexibility index (Phi) is 4.88. The zero-order valence-corrected chi connectivity index (χ0v) is 6.29. The molecule has 0 rings (SSSR count). The molecule has 0 amide bonds. The van der Waals surface area contributed by atoms with Crippen molar-refractivity contribution in [1.82, 2.24) is 0 Å². The van der Waals surface area contributed by atoms with Gasteiger partial charge in [-0.1, -0.05) is 0 Å². The molecule has 60 valence electrons. The van der Waals surface area contributed by atoms with Crippen molar-refractivity contribution >= 4 is 5.97 Å². The molecule has 0 aromatic carbocycles. The predicted octanol–water partition coefficient (Wildman–Crippen LogP) is -0.477. The number of methoxy groups -OCH3 is 2. The lowest BCUT2D eigenvalue weighted by molar-refractivity contribution is -0.141. The molecule has 1 atom stereocenters. The third-order valence-corrected chi connectivity index (χ3v) is 1.04. The van der Waals surface area contributed by atoms with E-state index >= 15 is 0 Å². The summed E-state index contributed by atoms with van der Waals surface area (Å²) in [5, 5.41) is 0. The summed E-state index contributed by atoms with van der Waals surface area (Å²) in [6, 6.07) is -0.252. The fourth-order valence-corrected chi connectivity index (χ4v) is 0.570. The van der Waals surface area contributed by atoms with E-state index in [1.165, 1.54) is 14.2 Å². The van der Waals surface area contributed by atoms with Crippen LogP contribution in [0.15, 0.2) is 0 Å². The van der Waals surface area contributed by atoms with Crippen LogP contribution in [0.2, 0.25) is 0 Å². The van der Waals surface area contributed by atoms with E-state index in [4.69, 9.17) is 10.5 Å². The Hall–Kier alpha value is -0.610. The maximum Gasteiger partial charge on any atom is 0.307 e. The van der Waals surface area contributed by atoms with Gasteiger partial charge in [-0.25, -0.2) is 0 Å². The van der Waals surface area contributed by atoms with Crippen molar-refractivity contribution in [2.24, 2.45) is 5.73 Å². The first-order valence-electron chi connectivity index (χ1n) is 3.02. The standard InChI is InChI=1S/C6H13NO3/c1-9-4-5(7)3-6(8)10-2/h5H,3-4,7H2,1-2H3/t5-/m1/s1. The largest absolute Gasteiger partial charge is 0.469 e. The molecule has 0 saturated heterocycles. The number of hydrogen-bond donors (Lipinski definition) is 1. The van der Waals surface area contributed by atoms with Crippen LogP contribution in [0, 0.1) is 0 Å². The summed E-state index contributed by atoms with van der Waals surface area (Å²) < 4.78 is 9.11. The lowest BCUT2D eigenvalue weighted by atomic mass is 10.2. The molecule has 0 aliphatic heterocycles. The van der Waals surface area contributed by atoms with Crippen molar-refractivity contribution < 1.29 is 14.3 Å². The van der Waals surface area contributed by atoms with Gasteiger partial charge in [0.2, 0.25) is 0 Å². The first kappa shape index (κ1) is 9.39. The van der Waals surface area contributed by atoms with Gasteiger partial charge in [-0.2, -0.15) is 0 Å². The van der Waals surface area contributed by atoms with Crippen LogP contribution in [0.25, 0.3) is 0 Å². The van der Waals surface area contributed by atoms with Crippen LogP contribution < -0.4 is 5.73 Å². The summed E-state index contributed by atoms with van der Waals surface area (Å²) in [5.74, 6) is -0.301. The summed E-state index contributed by atoms with van der Waals surface area (Å²) in [6.07, 6.45) is 0.213. The Labute approximate surface area is 60.3 Å². The minimum Gasteiger partial charge on any atom is -0.469 e. The molecular weight excluding hydrogens is 134 g/mol. The Morgan fingerprint density at radius 2 is 2.20 bits per heavy atom. The van der Waals surface area contributed by atoms with E-state index in [-0.39, 0.29) is 18.4 Å². The van der Waals surface area contributed by atoms with Gasteiger partial charge in [0, 0.05) is 13.2 Å². The topological polar surface area (TPSA) is 61.5 Å². The van der Waals surface area contributed by atoms with Gasteiger partial charge in [0.1, 0.15) is 0 Å². The number of carbonyl (C=O) groups excluding carboxylic acids is 1. The molecular formula is C6H13NO3. The van der Waals surface area contributed by atoms with Crippen LogP contribution in [0.3, 0.4) is 0 Å². The number of nitrogens with two attached hydrogens (primary N) is 1. The second-order valence-corrected chi connectivity index (χ2v) is 2.00. The molecule has 4 heteroatoms. The van der Waals surface area contributed by atoms with Crippen LogP contribution in [-0.4, -0.2) is 32.8 Å². The van der Waals surface area contributed by atoms with Crippen molar-refractivity contribution in [3.63, 3.8) is 0 Å². The molecule has 0 aromatic heterocycles. The van der Waals surface area contributed by atoms with E-state index in [0.29, 0.717) is 6.61 Å². The van der Waals surface area contributed by atoms with Crippen LogP contribution in [0.5, 0.6) is 0 Å². The Morgan fingerprint density at radius 1 is 1.60 bits per heavy atom. The zero-order chi connectivity index (χ0) is 7.98. The highest BCUT2D eigenvalue weighted by molar-refractivity contribution is 5.69. The molecule has 0 heterocycles. The van der Waals surface area contributed by atoms with Gasteiger partial charge in [-0.3, -0.25) is 4.79 Å². The maximum atomic E-state index is 10.5. The van der Waals surface area contributed by atoms with Crippen molar-refractivity contribution in [2.45, 2.75) is 12.5 Å². The third-order valence-electron chi connectivity index (χ3n) is 1.04. The second kappa shape index (κ2) is 5.20. The highest BCUT2D eigenvalue weighted by Gasteiger charge is 2.07. The van der Waals surface area contributed by atoms with Gasteiger partial charge >= 0.3 is 5.97 Å². The van der Waals surface area contributed by atoms with E-state index in [0.717, 1.165) is 0 Å². The number of rotatable bonds is 4. The SMILES string of the molecule is COC[C@H](N)CC(=O)OC. The van der Waals surface area contributed by atoms with E-state index < -0.39 is 0 Å². The fourth-order valence-electron chi connectivity index (χ4n) is 0.570. The summed E-state index contributed by atoms with van der Waals surface area (Å²) in [6.45, 7) is 0.384. The fraction of sp³-hybridized carbons (Fsp3) is 0.833. The highest BCUT2D eigenvalue weighted by atomic mass is 16.5. The molecule has 10 heavy (non-hydrogen) atoms. The van der Waals surface area contributed by atoms with Crippen molar-refractivity contribution in [3.05, 3.63) is 0 Å². The monoisotopic (exact) mass is 147 g/mol. The zero-order valence-electron chi connectivity index (χ0n) is 6.29. The number of carbonyl (C=O) groups is 1. The molecule has 0 fully saturated rings. The van der Waals surface area contributed by atoms with Gasteiger partial charge in [0.25, 0.3) is 0 Å². The summed E-state index contributed by atoms with van der Waals surface area (Å²) in [5.41, 5.74) is 5.43. The Morgan fingerprint density at radius 3 is 2.60 bits per heavy atom. The van der Waals surface area contributed by atoms with Crippen LogP contribution in [0.1, 0.15) is 6.42 Å². The first-order valence-corrected chi connectivity index (χ1v) is 3.02. The first-order chi connectivity index (χ1) is 4.70. The van der Waals surface area contributed by atoms with E-state index in [1.54, 1.807) is 0 Å². The van der Waals surface area contributed by atoms with Crippen molar-refractivity contribution in [2.75, 3.05) is 20.8 Å². The summed E-state index contributed by atoms with van der Waals surface area (Å²) >= 11 is 0. The summed E-state index contributed by atoms with van der Waals surface area (Å²) in [7, 11) is 2.87. The quantitative estimate of drug-likeness (QED) is 0.546. The van der Waals surface area contributed by atoms with Crippen LogP contribution in [0.4, 0.5) is 0 Å². The van der Waals surface area contributed by atoms with Gasteiger partial charge < -0.3 is 15.2 Å². The van der Waals surface area contributed by atoms with Crippen molar-refractivity contribution in [3.8, 4) is 0 Å². The predicted molar refractivity (Wildman–Crippen MR) is 36.5 cm³/mol. The maximum absolute atomic E-state index is 10.5. The molecule has 0 aliphatic rings. The normalized spacial score (nSPS) is 12.7. The van der Waals surface area contributed by atoms with Crippen LogP contribution >= 0.6 is 0 Å². The molecule has 0 radical (unpaired) electrons. The molecule has 0 saturated carbocycles. The lowest BCUT2D eigenvalue weighted by Gasteiger charge is -2.07. The van der Waals surface area contributed by atoms with Gasteiger partial charge in [0.15, 0.2) is 0 Å². The molecule has 0 bridgehead atoms. The van der Waals surface area contributed by atoms with Crippen LogP contribution in [-0.2, 0) is 14.3 Å². The molecule has 2 N–H and O–H groups in total. The highest BCUT2D eigenvalue weighted by Crippen LogP contribution is 1.90. The third kappa shape index (κ3) is 4.29. The van der Waals surface area contributed by atoms with E-state index in [9.17, 15) is 4.79 Å². The lowest BCUT2D eigenvalue weighted by Crippen LogP contribution is -2.28. The molecule has 4 nitrogen and oxygen atoms in total. The Bertz CT molecular complexity index is 105. The van der Waals surface area contributed by atoms with Gasteiger partial charge in [-0.05, 0) is 0 Å². The molecule has 0 aromatic rings. The minimum absolute atomic E-state index is 0.213. The molecule has 0 aliphatic carbocycles. The van der Waals surface area contributed by atoms with Gasteiger partial charge in [0.05, 0.1) is 20.1 Å². The average molecular weight is 147 g/mol. The number of esters is 1. The minimum atomic E-state index is -0.301. The van der Waals surface area contributed by atoms with Gasteiger partial charge in [-0.15, -0.1) is 0 Å². The number of hydrogen-bond acceptors (Lipinski definition) is 4. The molecule has 0 unspecified atom stereocenters. The van der Waals surface area contributed by atoms with E-state index in [1.807, 2.05) is 0 Å².